The maximum Gasteiger partial charge on any atom is 0.408 e. The van der Waals surface area contributed by atoms with Gasteiger partial charge in [-0.05, 0) is 80.2 Å². The summed E-state index contributed by atoms with van der Waals surface area (Å²) in [5, 5.41) is 17.4. The topological polar surface area (TPSA) is 94.4 Å². The largest absolute Gasteiger partial charge is 0.619 e. The van der Waals surface area contributed by atoms with Gasteiger partial charge in [0.25, 0.3) is 0 Å². The van der Waals surface area contributed by atoms with Gasteiger partial charge in [-0.1, -0.05) is 30.3 Å². The van der Waals surface area contributed by atoms with Crippen LogP contribution in [0.4, 0.5) is 4.79 Å². The average Bonchev–Trinajstić information content (AvgIpc) is 2.83. The van der Waals surface area contributed by atoms with Gasteiger partial charge in [0.2, 0.25) is 5.91 Å². The summed E-state index contributed by atoms with van der Waals surface area (Å²) >= 11 is 0. The number of nitrogens with zero attached hydrogens (tertiary/aromatic N) is 1. The number of ether oxygens (including phenoxy) is 1. The van der Waals surface area contributed by atoms with Crippen molar-refractivity contribution in [3.05, 3.63) is 71.2 Å². The first-order valence-corrected chi connectivity index (χ1v) is 12.9. The quantitative estimate of drug-likeness (QED) is 0.449. The Morgan fingerprint density at radius 1 is 0.971 bits per heavy atom. The van der Waals surface area contributed by atoms with Gasteiger partial charge in [-0.25, -0.2) is 4.79 Å². The molecule has 1 unspecified atom stereocenters. The molecule has 4 saturated carbocycles. The van der Waals surface area contributed by atoms with Crippen LogP contribution in [0.3, 0.4) is 0 Å². The van der Waals surface area contributed by atoms with Gasteiger partial charge in [-0.15, -0.1) is 0 Å². The second-order valence-electron chi connectivity index (χ2n) is 11.0. The Morgan fingerprint density at radius 3 is 2.23 bits per heavy atom. The minimum absolute atomic E-state index is 0.0515. The highest BCUT2D eigenvalue weighted by atomic mass is 16.6. The van der Waals surface area contributed by atoms with E-state index in [1.165, 1.54) is 18.8 Å². The first-order chi connectivity index (χ1) is 16.9. The molecule has 2 aromatic rings. The molecule has 7 nitrogen and oxygen atoms in total. The molecule has 0 aliphatic heterocycles. The molecule has 0 saturated heterocycles. The van der Waals surface area contributed by atoms with E-state index >= 15 is 0 Å². The van der Waals surface area contributed by atoms with Crippen LogP contribution >= 0.6 is 0 Å². The molecule has 0 spiro atoms. The van der Waals surface area contributed by atoms with Crippen molar-refractivity contribution >= 4 is 12.0 Å². The Balaban J connectivity index is 1.25. The fourth-order valence-corrected chi connectivity index (χ4v) is 6.76. The normalized spacial score (nSPS) is 28.2. The minimum atomic E-state index is -1.21. The van der Waals surface area contributed by atoms with Crippen LogP contribution in [0.25, 0.3) is 0 Å². The molecule has 186 valence electrons. The van der Waals surface area contributed by atoms with Crippen LogP contribution in [0.5, 0.6) is 0 Å². The van der Waals surface area contributed by atoms with Crippen molar-refractivity contribution in [3.63, 3.8) is 0 Å². The number of aromatic nitrogens is 1. The number of carbonyl (C=O) groups is 2. The summed E-state index contributed by atoms with van der Waals surface area (Å²) in [7, 11) is 0. The molecule has 0 radical (unpaired) electrons. The number of carbonyl (C=O) groups excluding carboxylic acids is 2. The minimum Gasteiger partial charge on any atom is -0.619 e. The van der Waals surface area contributed by atoms with Crippen molar-refractivity contribution in [2.75, 3.05) is 6.54 Å². The number of pyridine rings is 1. The third kappa shape index (κ3) is 5.44. The van der Waals surface area contributed by atoms with Crippen molar-refractivity contribution in [2.24, 2.45) is 23.7 Å². The number of benzene rings is 1. The van der Waals surface area contributed by atoms with Crippen molar-refractivity contribution in [1.82, 2.24) is 10.6 Å². The van der Waals surface area contributed by atoms with E-state index in [0.717, 1.165) is 48.6 Å². The van der Waals surface area contributed by atoms with Crippen LogP contribution < -0.4 is 15.4 Å². The Kier molecular flexibility index (Phi) is 6.67. The van der Waals surface area contributed by atoms with E-state index in [1.54, 1.807) is 19.1 Å². The van der Waals surface area contributed by atoms with Crippen molar-refractivity contribution in [1.29, 1.82) is 0 Å². The zero-order valence-electron chi connectivity index (χ0n) is 20.3. The molecule has 2 N–H and O–H groups in total. The van der Waals surface area contributed by atoms with E-state index in [4.69, 9.17) is 4.74 Å². The van der Waals surface area contributed by atoms with Gasteiger partial charge in [-0.3, -0.25) is 4.79 Å². The van der Waals surface area contributed by atoms with Crippen LogP contribution in [0.15, 0.2) is 54.9 Å². The predicted molar refractivity (Wildman–Crippen MR) is 131 cm³/mol. The monoisotopic (exact) mass is 477 g/mol. The lowest BCUT2D eigenvalue weighted by Gasteiger charge is -2.53. The van der Waals surface area contributed by atoms with E-state index < -0.39 is 11.6 Å². The second kappa shape index (κ2) is 9.88. The lowest BCUT2D eigenvalue weighted by atomic mass is 9.55. The maximum atomic E-state index is 13.4. The summed E-state index contributed by atoms with van der Waals surface area (Å²) in [5.41, 5.74) is 0.703. The van der Waals surface area contributed by atoms with Crippen molar-refractivity contribution in [3.8, 4) is 0 Å². The second-order valence-corrected chi connectivity index (χ2v) is 11.0. The molecule has 4 fully saturated rings. The Morgan fingerprint density at radius 2 is 1.60 bits per heavy atom. The third-order valence-electron chi connectivity index (χ3n) is 8.23. The third-order valence-corrected chi connectivity index (χ3v) is 8.23. The van der Waals surface area contributed by atoms with Gasteiger partial charge in [0, 0.05) is 25.1 Å². The first kappa shape index (κ1) is 23.6. The molecule has 1 aromatic carbocycles. The summed E-state index contributed by atoms with van der Waals surface area (Å²) in [5.74, 6) is 2.22. The van der Waals surface area contributed by atoms with Crippen LogP contribution in [-0.4, -0.2) is 30.2 Å². The van der Waals surface area contributed by atoms with E-state index in [0.29, 0.717) is 29.5 Å². The number of amides is 2. The van der Waals surface area contributed by atoms with Crippen molar-refractivity contribution in [2.45, 2.75) is 63.5 Å². The molecule has 7 heteroatoms. The first-order valence-electron chi connectivity index (χ1n) is 12.9. The zero-order valence-corrected chi connectivity index (χ0v) is 20.3. The summed E-state index contributed by atoms with van der Waals surface area (Å²) in [6.07, 6.45) is 9.12. The van der Waals surface area contributed by atoms with E-state index in [1.807, 2.05) is 30.3 Å². The predicted octanol–water partition coefficient (Wildman–Crippen LogP) is 3.53. The van der Waals surface area contributed by atoms with Crippen LogP contribution in [0.1, 0.15) is 50.2 Å². The van der Waals surface area contributed by atoms with E-state index in [2.05, 4.69) is 10.6 Å². The van der Waals surface area contributed by atoms with E-state index in [9.17, 15) is 14.8 Å². The van der Waals surface area contributed by atoms with Crippen molar-refractivity contribution < 1.29 is 19.1 Å². The molecule has 2 amide bonds. The Hall–Kier alpha value is -3.09. The Bertz CT molecular complexity index is 1010. The number of rotatable bonds is 8. The number of hydrogen-bond donors (Lipinski definition) is 2. The molecule has 4 bridgehead atoms. The summed E-state index contributed by atoms with van der Waals surface area (Å²) in [6.45, 7) is 2.18. The molecule has 35 heavy (non-hydrogen) atoms. The number of alkyl carbamates (subject to hydrolysis) is 1. The van der Waals surface area contributed by atoms with Crippen LogP contribution in [0, 0.1) is 28.9 Å². The number of hydrogen-bond acceptors (Lipinski definition) is 4. The summed E-state index contributed by atoms with van der Waals surface area (Å²) < 4.78 is 6.72. The lowest BCUT2D eigenvalue weighted by Crippen LogP contribution is -2.60. The van der Waals surface area contributed by atoms with Gasteiger partial charge in [0.05, 0.1) is 0 Å². The summed E-state index contributed by atoms with van der Waals surface area (Å²) in [6, 6.07) is 13.3. The average molecular weight is 478 g/mol. The molecule has 1 aromatic heterocycles. The van der Waals surface area contributed by atoms with Gasteiger partial charge in [0.15, 0.2) is 12.4 Å². The standard InChI is InChI=1S/C28H35N3O4/c1-28(18-20-8-11-31(34)12-9-20,26(32)29-10-7-19-5-3-2-4-6-19)30-27(33)35-25-23-14-21-13-22(16-23)17-24(25)15-21/h2-6,8-9,11-12,21-25H,7,10,13-18H2,1H3,(H,29,32)(H,30,33). The Labute approximate surface area is 206 Å². The van der Waals surface area contributed by atoms with Crippen LogP contribution in [0.2, 0.25) is 0 Å². The van der Waals surface area contributed by atoms with Gasteiger partial charge < -0.3 is 20.6 Å². The smallest absolute Gasteiger partial charge is 0.408 e. The molecular formula is C28H35N3O4. The van der Waals surface area contributed by atoms with Gasteiger partial charge >= 0.3 is 6.09 Å². The number of nitrogens with one attached hydrogen (secondary N) is 2. The molecule has 6 rings (SSSR count). The molecule has 4 aliphatic rings. The molecule has 1 atom stereocenters. The highest BCUT2D eigenvalue weighted by Crippen LogP contribution is 2.54. The highest BCUT2D eigenvalue weighted by molar-refractivity contribution is 5.90. The fraction of sp³-hybridized carbons (Fsp3) is 0.536. The molecular weight excluding hydrogens is 442 g/mol. The SMILES string of the molecule is CC(Cc1cc[n+]([O-])cc1)(NC(=O)OC1C2CC3CC(C2)CC1C3)C(=O)NCCc1ccccc1. The van der Waals surface area contributed by atoms with Gasteiger partial charge in [0.1, 0.15) is 11.6 Å². The fourth-order valence-electron chi connectivity index (χ4n) is 6.76. The van der Waals surface area contributed by atoms with Crippen LogP contribution in [-0.2, 0) is 22.4 Å². The molecule has 4 aliphatic carbocycles. The lowest BCUT2D eigenvalue weighted by molar-refractivity contribution is -0.605. The summed E-state index contributed by atoms with van der Waals surface area (Å²) in [4.78, 5) is 26.5. The molecule has 1 heterocycles. The maximum absolute atomic E-state index is 13.4. The van der Waals surface area contributed by atoms with Gasteiger partial charge in [-0.2, -0.15) is 4.73 Å². The van der Waals surface area contributed by atoms with E-state index in [-0.39, 0.29) is 18.4 Å². The highest BCUT2D eigenvalue weighted by Gasteiger charge is 2.50. The zero-order chi connectivity index (χ0) is 24.4.